The van der Waals surface area contributed by atoms with E-state index in [0.29, 0.717) is 11.3 Å². The summed E-state index contributed by atoms with van der Waals surface area (Å²) in [4.78, 5) is 16.4. The van der Waals surface area contributed by atoms with Crippen molar-refractivity contribution in [1.29, 1.82) is 0 Å². The van der Waals surface area contributed by atoms with Gasteiger partial charge in [-0.15, -0.1) is 0 Å². The SMILES string of the molecule is O=C(Cc1cc2c(ccc3ccccc32)o1)OCc1noc(-c2cccc(F)c2)n1. The number of furan rings is 1. The van der Waals surface area contributed by atoms with E-state index in [1.807, 2.05) is 42.5 Å². The molecule has 148 valence electrons. The molecule has 0 saturated carbocycles. The predicted molar refractivity (Wildman–Crippen MR) is 107 cm³/mol. The molecule has 0 aliphatic carbocycles. The number of hydrogen-bond acceptors (Lipinski definition) is 6. The van der Waals surface area contributed by atoms with Gasteiger partial charge < -0.3 is 13.7 Å². The molecule has 3 aromatic carbocycles. The molecule has 0 fully saturated rings. The van der Waals surface area contributed by atoms with Crippen molar-refractivity contribution in [3.05, 3.63) is 84.1 Å². The number of aromatic nitrogens is 2. The summed E-state index contributed by atoms with van der Waals surface area (Å²) in [6.07, 6.45) is -0.0163. The summed E-state index contributed by atoms with van der Waals surface area (Å²) < 4.78 is 29.4. The summed E-state index contributed by atoms with van der Waals surface area (Å²) in [7, 11) is 0. The van der Waals surface area contributed by atoms with Crippen LogP contribution in [0.1, 0.15) is 11.6 Å². The smallest absolute Gasteiger partial charge is 0.313 e. The number of carbonyl (C=O) groups is 1. The maximum absolute atomic E-state index is 13.3. The molecule has 0 spiro atoms. The average molecular weight is 402 g/mol. The molecule has 0 aliphatic rings. The largest absolute Gasteiger partial charge is 0.460 e. The molecule has 2 aromatic heterocycles. The molecule has 5 rings (SSSR count). The Bertz CT molecular complexity index is 1370. The van der Waals surface area contributed by atoms with Crippen molar-refractivity contribution in [3.8, 4) is 11.5 Å². The lowest BCUT2D eigenvalue weighted by Crippen LogP contribution is -2.08. The molecule has 0 amide bonds. The van der Waals surface area contributed by atoms with E-state index in [-0.39, 0.29) is 24.7 Å². The number of nitrogens with zero attached hydrogens (tertiary/aromatic N) is 2. The Hall–Kier alpha value is -4.00. The normalized spacial score (nSPS) is 11.2. The van der Waals surface area contributed by atoms with Crippen molar-refractivity contribution < 1.29 is 22.9 Å². The second kappa shape index (κ2) is 7.44. The van der Waals surface area contributed by atoms with Crippen LogP contribution in [0.5, 0.6) is 0 Å². The first kappa shape index (κ1) is 18.1. The zero-order valence-electron chi connectivity index (χ0n) is 15.7. The zero-order chi connectivity index (χ0) is 20.5. The summed E-state index contributed by atoms with van der Waals surface area (Å²) in [5.41, 5.74) is 1.17. The highest BCUT2D eigenvalue weighted by molar-refractivity contribution is 6.06. The molecule has 0 radical (unpaired) electrons. The minimum atomic E-state index is -0.476. The highest BCUT2D eigenvalue weighted by Gasteiger charge is 2.15. The third kappa shape index (κ3) is 3.53. The Kier molecular flexibility index (Phi) is 4.48. The molecule has 0 N–H and O–H groups in total. The van der Waals surface area contributed by atoms with E-state index in [1.54, 1.807) is 12.1 Å². The number of benzene rings is 3. The summed E-state index contributed by atoms with van der Waals surface area (Å²) >= 11 is 0. The molecule has 30 heavy (non-hydrogen) atoms. The molecule has 7 heteroatoms. The predicted octanol–water partition coefficient (Wildman–Crippen LogP) is 5.06. The lowest BCUT2D eigenvalue weighted by atomic mass is 10.1. The van der Waals surface area contributed by atoms with E-state index in [4.69, 9.17) is 13.7 Å². The van der Waals surface area contributed by atoms with Crippen LogP contribution in [0.25, 0.3) is 33.2 Å². The lowest BCUT2D eigenvalue weighted by molar-refractivity contribution is -0.144. The van der Waals surface area contributed by atoms with Crippen molar-refractivity contribution in [2.45, 2.75) is 13.0 Å². The molecule has 5 aromatic rings. The van der Waals surface area contributed by atoms with Crippen molar-refractivity contribution in [2.75, 3.05) is 0 Å². The van der Waals surface area contributed by atoms with E-state index in [2.05, 4.69) is 10.1 Å². The van der Waals surface area contributed by atoms with Gasteiger partial charge in [0.1, 0.15) is 23.6 Å². The van der Waals surface area contributed by atoms with E-state index < -0.39 is 11.8 Å². The first-order valence-electron chi connectivity index (χ1n) is 9.30. The van der Waals surface area contributed by atoms with Gasteiger partial charge in [0.25, 0.3) is 5.89 Å². The summed E-state index contributed by atoms with van der Waals surface area (Å²) in [5.74, 6) is -0.0180. The van der Waals surface area contributed by atoms with E-state index in [0.717, 1.165) is 21.7 Å². The fourth-order valence-corrected chi connectivity index (χ4v) is 3.32. The van der Waals surface area contributed by atoms with Gasteiger partial charge in [0.05, 0.1) is 0 Å². The maximum atomic E-state index is 13.3. The third-order valence-corrected chi connectivity index (χ3v) is 4.70. The van der Waals surface area contributed by atoms with Crippen LogP contribution < -0.4 is 0 Å². The topological polar surface area (TPSA) is 78.4 Å². The summed E-state index contributed by atoms with van der Waals surface area (Å²) in [5, 5.41) is 6.88. The Labute approximate surface area is 169 Å². The highest BCUT2D eigenvalue weighted by atomic mass is 19.1. The number of esters is 1. The van der Waals surface area contributed by atoms with Gasteiger partial charge in [-0.2, -0.15) is 4.98 Å². The van der Waals surface area contributed by atoms with Crippen molar-refractivity contribution >= 4 is 27.7 Å². The minimum absolute atomic E-state index is 0.0163. The van der Waals surface area contributed by atoms with Gasteiger partial charge in [-0.25, -0.2) is 4.39 Å². The summed E-state index contributed by atoms with van der Waals surface area (Å²) in [6, 6.07) is 19.5. The first-order chi connectivity index (χ1) is 14.7. The number of rotatable bonds is 5. The van der Waals surface area contributed by atoms with Crippen molar-refractivity contribution in [2.24, 2.45) is 0 Å². The van der Waals surface area contributed by atoms with Gasteiger partial charge in [0.15, 0.2) is 6.61 Å². The fraction of sp³-hybridized carbons (Fsp3) is 0.0870. The van der Waals surface area contributed by atoms with Crippen LogP contribution in [0.3, 0.4) is 0 Å². The number of carbonyl (C=O) groups excluding carboxylic acids is 1. The Morgan fingerprint density at radius 2 is 1.90 bits per heavy atom. The van der Waals surface area contributed by atoms with Crippen LogP contribution in [0.2, 0.25) is 0 Å². The van der Waals surface area contributed by atoms with Crippen LogP contribution in [0.15, 0.2) is 75.7 Å². The van der Waals surface area contributed by atoms with Crippen LogP contribution in [-0.2, 0) is 22.6 Å². The first-order valence-corrected chi connectivity index (χ1v) is 9.30. The van der Waals surface area contributed by atoms with Gasteiger partial charge in [0, 0.05) is 10.9 Å². The van der Waals surface area contributed by atoms with Crippen LogP contribution in [0.4, 0.5) is 4.39 Å². The van der Waals surface area contributed by atoms with Gasteiger partial charge in [0.2, 0.25) is 5.82 Å². The standard InChI is InChI=1S/C23H15FN2O4/c24-16-6-3-5-15(10-16)23-25-21(26-30-23)13-28-22(27)12-17-11-19-18-7-2-1-4-14(18)8-9-20(19)29-17/h1-11H,12-13H2. The van der Waals surface area contributed by atoms with Crippen LogP contribution >= 0.6 is 0 Å². The van der Waals surface area contributed by atoms with Crippen molar-refractivity contribution in [3.63, 3.8) is 0 Å². The monoisotopic (exact) mass is 402 g/mol. The molecule has 0 atom stereocenters. The van der Waals surface area contributed by atoms with Crippen LogP contribution in [0, 0.1) is 5.82 Å². The van der Waals surface area contributed by atoms with E-state index in [9.17, 15) is 9.18 Å². The highest BCUT2D eigenvalue weighted by Crippen LogP contribution is 2.28. The number of hydrogen-bond donors (Lipinski definition) is 0. The zero-order valence-corrected chi connectivity index (χ0v) is 15.7. The Morgan fingerprint density at radius 1 is 1.00 bits per heavy atom. The number of ether oxygens (including phenoxy) is 1. The van der Waals surface area contributed by atoms with Gasteiger partial charge >= 0.3 is 5.97 Å². The molecular weight excluding hydrogens is 387 g/mol. The lowest BCUT2D eigenvalue weighted by Gasteiger charge is -1.99. The molecule has 0 bridgehead atoms. The van der Waals surface area contributed by atoms with Gasteiger partial charge in [-0.3, -0.25) is 4.79 Å². The van der Waals surface area contributed by atoms with Gasteiger partial charge in [-0.1, -0.05) is 41.6 Å². The average Bonchev–Trinajstić information content (AvgIpc) is 3.39. The Balaban J connectivity index is 1.26. The second-order valence-corrected chi connectivity index (χ2v) is 6.77. The molecule has 0 saturated heterocycles. The number of halogens is 1. The van der Waals surface area contributed by atoms with Gasteiger partial charge in [-0.05, 0) is 41.1 Å². The molecular formula is C23H15FN2O4. The third-order valence-electron chi connectivity index (χ3n) is 4.70. The fourth-order valence-electron chi connectivity index (χ4n) is 3.32. The quantitative estimate of drug-likeness (QED) is 0.382. The van der Waals surface area contributed by atoms with Crippen molar-refractivity contribution in [1.82, 2.24) is 10.1 Å². The molecule has 6 nitrogen and oxygen atoms in total. The maximum Gasteiger partial charge on any atom is 0.313 e. The van der Waals surface area contributed by atoms with E-state index in [1.165, 1.54) is 12.1 Å². The molecule has 2 heterocycles. The minimum Gasteiger partial charge on any atom is -0.460 e. The van der Waals surface area contributed by atoms with E-state index >= 15 is 0 Å². The summed E-state index contributed by atoms with van der Waals surface area (Å²) in [6.45, 7) is -0.152. The second-order valence-electron chi connectivity index (χ2n) is 6.77. The van der Waals surface area contributed by atoms with Crippen LogP contribution in [-0.4, -0.2) is 16.1 Å². The molecule has 0 unspecified atom stereocenters. The Morgan fingerprint density at radius 3 is 2.80 bits per heavy atom. The molecule has 0 aliphatic heterocycles. The number of fused-ring (bicyclic) bond motifs is 3.